The van der Waals surface area contributed by atoms with Crippen LogP contribution in [-0.4, -0.2) is 12.5 Å². The van der Waals surface area contributed by atoms with Gasteiger partial charge in [-0.3, -0.25) is 4.79 Å². The number of nitrogen functional groups attached to an aromatic ring is 1. The van der Waals surface area contributed by atoms with E-state index >= 15 is 0 Å². The number of amides is 1. The second-order valence-electron chi connectivity index (χ2n) is 3.83. The standard InChI is InChI=1S/C12H13BrN2OS2/c1-7-9(14)6-10(17-7)12(16)15-5-4-8-2-3-11(13)18-8/h2-3,6H,4-5,14H2,1H3,(H,15,16). The number of hydrogen-bond acceptors (Lipinski definition) is 4. The number of anilines is 1. The van der Waals surface area contributed by atoms with Gasteiger partial charge in [-0.05, 0) is 47.5 Å². The number of halogens is 1. The predicted molar refractivity (Wildman–Crippen MR) is 81.5 cm³/mol. The molecule has 2 aromatic rings. The maximum atomic E-state index is 11.8. The predicted octanol–water partition coefficient (Wildman–Crippen LogP) is 3.44. The Labute approximate surface area is 122 Å². The van der Waals surface area contributed by atoms with Crippen molar-refractivity contribution in [2.24, 2.45) is 0 Å². The Hall–Kier alpha value is -0.850. The van der Waals surface area contributed by atoms with E-state index < -0.39 is 0 Å². The molecule has 0 radical (unpaired) electrons. The van der Waals surface area contributed by atoms with Gasteiger partial charge in [0.2, 0.25) is 0 Å². The van der Waals surface area contributed by atoms with Crippen LogP contribution in [0.4, 0.5) is 5.69 Å². The van der Waals surface area contributed by atoms with Crippen molar-refractivity contribution in [3.05, 3.63) is 36.6 Å². The zero-order chi connectivity index (χ0) is 13.1. The number of aryl methyl sites for hydroxylation is 1. The normalized spacial score (nSPS) is 10.6. The van der Waals surface area contributed by atoms with Crippen LogP contribution in [0.3, 0.4) is 0 Å². The molecular formula is C12H13BrN2OS2. The first-order valence-electron chi connectivity index (χ1n) is 5.44. The van der Waals surface area contributed by atoms with Crippen LogP contribution < -0.4 is 11.1 Å². The van der Waals surface area contributed by atoms with Gasteiger partial charge in [-0.2, -0.15) is 0 Å². The summed E-state index contributed by atoms with van der Waals surface area (Å²) < 4.78 is 1.12. The monoisotopic (exact) mass is 344 g/mol. The van der Waals surface area contributed by atoms with Crippen molar-refractivity contribution in [2.75, 3.05) is 12.3 Å². The fourth-order valence-corrected chi connectivity index (χ4v) is 3.82. The Morgan fingerprint density at radius 2 is 2.22 bits per heavy atom. The Morgan fingerprint density at radius 1 is 1.44 bits per heavy atom. The van der Waals surface area contributed by atoms with Gasteiger partial charge in [-0.1, -0.05) is 0 Å². The van der Waals surface area contributed by atoms with Crippen LogP contribution in [0.25, 0.3) is 0 Å². The Kier molecular flexibility index (Phi) is 4.42. The van der Waals surface area contributed by atoms with E-state index in [0.29, 0.717) is 17.1 Å². The van der Waals surface area contributed by atoms with Crippen LogP contribution in [0.2, 0.25) is 0 Å². The van der Waals surface area contributed by atoms with Crippen molar-refractivity contribution in [2.45, 2.75) is 13.3 Å². The number of rotatable bonds is 4. The second-order valence-corrected chi connectivity index (χ2v) is 7.64. The lowest BCUT2D eigenvalue weighted by Crippen LogP contribution is -2.24. The van der Waals surface area contributed by atoms with Gasteiger partial charge in [-0.15, -0.1) is 22.7 Å². The fourth-order valence-electron chi connectivity index (χ4n) is 1.48. The zero-order valence-electron chi connectivity index (χ0n) is 9.83. The van der Waals surface area contributed by atoms with Gasteiger partial charge in [0.15, 0.2) is 0 Å². The molecular weight excluding hydrogens is 332 g/mol. The highest BCUT2D eigenvalue weighted by atomic mass is 79.9. The van der Waals surface area contributed by atoms with Gasteiger partial charge in [0.1, 0.15) is 0 Å². The molecule has 0 unspecified atom stereocenters. The average molecular weight is 345 g/mol. The summed E-state index contributed by atoms with van der Waals surface area (Å²) in [7, 11) is 0. The molecule has 0 saturated carbocycles. The average Bonchev–Trinajstić information content (AvgIpc) is 2.87. The maximum Gasteiger partial charge on any atom is 0.261 e. The molecule has 3 nitrogen and oxygen atoms in total. The molecule has 0 aliphatic carbocycles. The minimum Gasteiger partial charge on any atom is -0.398 e. The smallest absolute Gasteiger partial charge is 0.261 e. The van der Waals surface area contributed by atoms with Gasteiger partial charge in [-0.25, -0.2) is 0 Å². The highest BCUT2D eigenvalue weighted by molar-refractivity contribution is 9.11. The summed E-state index contributed by atoms with van der Waals surface area (Å²) in [6.07, 6.45) is 0.849. The Balaban J connectivity index is 1.85. The quantitative estimate of drug-likeness (QED) is 0.892. The molecule has 0 aliphatic rings. The van der Waals surface area contributed by atoms with E-state index in [4.69, 9.17) is 5.73 Å². The summed E-state index contributed by atoms with van der Waals surface area (Å²) in [4.78, 5) is 14.8. The molecule has 1 amide bonds. The van der Waals surface area contributed by atoms with E-state index in [1.54, 1.807) is 17.4 Å². The molecule has 2 heterocycles. The van der Waals surface area contributed by atoms with Crippen LogP contribution in [0, 0.1) is 6.92 Å². The van der Waals surface area contributed by atoms with Crippen molar-refractivity contribution < 1.29 is 4.79 Å². The van der Waals surface area contributed by atoms with Crippen LogP contribution in [-0.2, 0) is 6.42 Å². The largest absolute Gasteiger partial charge is 0.398 e. The Bertz CT molecular complexity index is 543. The van der Waals surface area contributed by atoms with Gasteiger partial charge in [0.25, 0.3) is 5.91 Å². The van der Waals surface area contributed by atoms with E-state index in [1.807, 2.05) is 13.0 Å². The van der Waals surface area contributed by atoms with Gasteiger partial charge >= 0.3 is 0 Å². The molecule has 0 aliphatic heterocycles. The first-order chi connectivity index (χ1) is 8.56. The molecule has 3 N–H and O–H groups in total. The number of hydrogen-bond donors (Lipinski definition) is 2. The van der Waals surface area contributed by atoms with Crippen LogP contribution >= 0.6 is 38.6 Å². The topological polar surface area (TPSA) is 55.1 Å². The minimum atomic E-state index is -0.0459. The molecule has 0 bridgehead atoms. The molecule has 18 heavy (non-hydrogen) atoms. The molecule has 0 atom stereocenters. The highest BCUT2D eigenvalue weighted by Gasteiger charge is 2.10. The molecule has 2 aromatic heterocycles. The summed E-state index contributed by atoms with van der Waals surface area (Å²) in [6, 6.07) is 5.82. The summed E-state index contributed by atoms with van der Waals surface area (Å²) >= 11 is 6.54. The van der Waals surface area contributed by atoms with E-state index in [2.05, 4.69) is 27.3 Å². The number of nitrogens with two attached hydrogens (primary N) is 1. The molecule has 0 fully saturated rings. The first kappa shape index (κ1) is 13.6. The lowest BCUT2D eigenvalue weighted by molar-refractivity contribution is 0.0958. The zero-order valence-corrected chi connectivity index (χ0v) is 13.0. The molecule has 0 aromatic carbocycles. The van der Waals surface area contributed by atoms with Crippen molar-refractivity contribution in [1.29, 1.82) is 0 Å². The van der Waals surface area contributed by atoms with Crippen LogP contribution in [0.1, 0.15) is 19.4 Å². The summed E-state index contributed by atoms with van der Waals surface area (Å²) in [5.41, 5.74) is 6.42. The lowest BCUT2D eigenvalue weighted by atomic mass is 10.3. The first-order valence-corrected chi connectivity index (χ1v) is 7.87. The van der Waals surface area contributed by atoms with Gasteiger partial charge < -0.3 is 11.1 Å². The van der Waals surface area contributed by atoms with Crippen LogP contribution in [0.15, 0.2) is 22.0 Å². The second kappa shape index (κ2) is 5.86. The van der Waals surface area contributed by atoms with Crippen molar-refractivity contribution in [3.8, 4) is 0 Å². The third-order valence-electron chi connectivity index (χ3n) is 2.47. The number of carbonyl (C=O) groups is 1. The summed E-state index contributed by atoms with van der Waals surface area (Å²) in [5.74, 6) is -0.0459. The summed E-state index contributed by atoms with van der Waals surface area (Å²) in [5, 5.41) is 2.90. The Morgan fingerprint density at radius 3 is 2.78 bits per heavy atom. The van der Waals surface area contributed by atoms with Crippen molar-refractivity contribution >= 4 is 50.2 Å². The summed E-state index contributed by atoms with van der Waals surface area (Å²) in [6.45, 7) is 2.56. The lowest BCUT2D eigenvalue weighted by Gasteiger charge is -2.01. The number of thiophene rings is 2. The number of carbonyl (C=O) groups excluding carboxylic acids is 1. The molecule has 0 saturated heterocycles. The van der Waals surface area contributed by atoms with E-state index in [0.717, 1.165) is 15.1 Å². The maximum absolute atomic E-state index is 11.8. The van der Waals surface area contributed by atoms with Gasteiger partial charge in [0, 0.05) is 22.0 Å². The molecule has 0 spiro atoms. The van der Waals surface area contributed by atoms with E-state index in [9.17, 15) is 4.79 Å². The minimum absolute atomic E-state index is 0.0459. The fraction of sp³-hybridized carbons (Fsp3) is 0.250. The third-order valence-corrected chi connectivity index (χ3v) is 5.21. The van der Waals surface area contributed by atoms with Crippen molar-refractivity contribution in [3.63, 3.8) is 0 Å². The molecule has 96 valence electrons. The molecule has 2 rings (SSSR count). The molecule has 6 heteroatoms. The third kappa shape index (κ3) is 3.34. The van der Waals surface area contributed by atoms with Crippen molar-refractivity contribution in [1.82, 2.24) is 5.32 Å². The van der Waals surface area contributed by atoms with Gasteiger partial charge in [0.05, 0.1) is 8.66 Å². The van der Waals surface area contributed by atoms with E-state index in [1.165, 1.54) is 16.2 Å². The number of nitrogens with one attached hydrogen (secondary N) is 1. The van der Waals surface area contributed by atoms with E-state index in [-0.39, 0.29) is 5.91 Å². The SMILES string of the molecule is Cc1sc(C(=O)NCCc2ccc(Br)s2)cc1N. The highest BCUT2D eigenvalue weighted by Crippen LogP contribution is 2.24. The van der Waals surface area contributed by atoms with Crippen LogP contribution in [0.5, 0.6) is 0 Å².